The van der Waals surface area contributed by atoms with Gasteiger partial charge >= 0.3 is 0 Å². The molecular formula is C21H30N2O3S. The zero-order valence-corrected chi connectivity index (χ0v) is 17.0. The summed E-state index contributed by atoms with van der Waals surface area (Å²) in [6, 6.07) is 4.99. The van der Waals surface area contributed by atoms with Gasteiger partial charge in [0.05, 0.1) is 4.90 Å². The van der Waals surface area contributed by atoms with E-state index in [4.69, 9.17) is 0 Å². The molecule has 27 heavy (non-hydrogen) atoms. The van der Waals surface area contributed by atoms with E-state index in [9.17, 15) is 13.2 Å². The van der Waals surface area contributed by atoms with Crippen LogP contribution in [0.15, 0.2) is 34.7 Å². The van der Waals surface area contributed by atoms with Crippen molar-refractivity contribution in [2.24, 2.45) is 0 Å². The Morgan fingerprint density at radius 1 is 1.07 bits per heavy atom. The first kappa shape index (κ1) is 20.1. The number of nitrogens with one attached hydrogen (secondary N) is 1. The third-order valence-corrected chi connectivity index (χ3v) is 7.53. The molecule has 0 unspecified atom stereocenters. The maximum atomic E-state index is 13.1. The number of aryl methyl sites for hydroxylation is 1. The highest BCUT2D eigenvalue weighted by Gasteiger charge is 2.27. The number of carbonyl (C=O) groups is 1. The van der Waals surface area contributed by atoms with Gasteiger partial charge in [0.2, 0.25) is 10.0 Å². The van der Waals surface area contributed by atoms with Gasteiger partial charge in [-0.15, -0.1) is 0 Å². The summed E-state index contributed by atoms with van der Waals surface area (Å²) in [6.45, 7) is 3.46. The lowest BCUT2D eigenvalue weighted by Gasteiger charge is -2.21. The van der Waals surface area contributed by atoms with E-state index in [1.807, 2.05) is 0 Å². The zero-order valence-electron chi connectivity index (χ0n) is 16.2. The molecule has 0 radical (unpaired) electrons. The second-order valence-corrected chi connectivity index (χ2v) is 9.50. The van der Waals surface area contributed by atoms with E-state index in [1.54, 1.807) is 29.4 Å². The molecule has 1 aromatic rings. The third-order valence-electron chi connectivity index (χ3n) is 5.49. The molecule has 5 nitrogen and oxygen atoms in total. The normalized spacial score (nSPS) is 19.2. The van der Waals surface area contributed by atoms with Crippen molar-refractivity contribution in [3.63, 3.8) is 0 Å². The number of hydrogen-bond donors (Lipinski definition) is 1. The topological polar surface area (TPSA) is 66.5 Å². The Labute approximate surface area is 162 Å². The van der Waals surface area contributed by atoms with Crippen molar-refractivity contribution >= 4 is 15.9 Å². The smallest absolute Gasteiger partial charge is 0.251 e. The van der Waals surface area contributed by atoms with E-state index in [-0.39, 0.29) is 10.8 Å². The molecule has 6 heteroatoms. The van der Waals surface area contributed by atoms with E-state index >= 15 is 0 Å². The summed E-state index contributed by atoms with van der Waals surface area (Å²) in [6.07, 6.45) is 10.6. The van der Waals surface area contributed by atoms with Crippen molar-refractivity contribution in [2.45, 2.75) is 63.2 Å². The number of allylic oxidation sites excluding steroid dienone is 1. The average molecular weight is 391 g/mol. The Hall–Kier alpha value is -1.66. The Morgan fingerprint density at radius 3 is 2.48 bits per heavy atom. The first-order valence-electron chi connectivity index (χ1n) is 10.1. The molecule has 3 rings (SSSR count). The SMILES string of the molecule is Cc1ccc(C(=O)NCC2=CCCCC2)cc1S(=O)(=O)N1CCCCCC1. The lowest BCUT2D eigenvalue weighted by Crippen LogP contribution is -2.33. The van der Waals surface area contributed by atoms with Gasteiger partial charge in [-0.2, -0.15) is 4.31 Å². The van der Waals surface area contributed by atoms with Gasteiger partial charge in [0.1, 0.15) is 0 Å². The van der Waals surface area contributed by atoms with Gasteiger partial charge in [0.15, 0.2) is 0 Å². The number of benzene rings is 1. The van der Waals surface area contributed by atoms with Gasteiger partial charge < -0.3 is 5.32 Å². The van der Waals surface area contributed by atoms with Gasteiger partial charge in [-0.25, -0.2) is 8.42 Å². The summed E-state index contributed by atoms with van der Waals surface area (Å²) in [5.74, 6) is -0.214. The number of carbonyl (C=O) groups excluding carboxylic acids is 1. The molecule has 1 N–H and O–H groups in total. The molecule has 0 atom stereocenters. The van der Waals surface area contributed by atoms with Gasteiger partial charge in [-0.1, -0.05) is 30.6 Å². The molecule has 1 heterocycles. The van der Waals surface area contributed by atoms with Crippen LogP contribution in [-0.2, 0) is 10.0 Å². The summed E-state index contributed by atoms with van der Waals surface area (Å²) in [5.41, 5.74) is 2.36. The maximum Gasteiger partial charge on any atom is 0.251 e. The minimum Gasteiger partial charge on any atom is -0.348 e. The minimum atomic E-state index is -3.57. The van der Waals surface area contributed by atoms with Crippen LogP contribution in [0.3, 0.4) is 0 Å². The predicted molar refractivity (Wildman–Crippen MR) is 107 cm³/mol. The fourth-order valence-electron chi connectivity index (χ4n) is 3.80. The van der Waals surface area contributed by atoms with Crippen LogP contribution in [0.4, 0.5) is 0 Å². The van der Waals surface area contributed by atoms with Crippen LogP contribution < -0.4 is 5.32 Å². The number of rotatable bonds is 5. The second-order valence-electron chi connectivity index (χ2n) is 7.59. The molecule has 0 spiro atoms. The summed E-state index contributed by atoms with van der Waals surface area (Å²) < 4.78 is 27.8. The molecule has 1 saturated heterocycles. The summed E-state index contributed by atoms with van der Waals surface area (Å²) in [4.78, 5) is 12.8. The molecule has 1 aromatic carbocycles. The number of amides is 1. The Balaban J connectivity index is 1.76. The largest absolute Gasteiger partial charge is 0.348 e. The molecule has 1 aliphatic carbocycles. The monoisotopic (exact) mass is 390 g/mol. The third kappa shape index (κ3) is 4.99. The summed E-state index contributed by atoms with van der Waals surface area (Å²) in [7, 11) is -3.57. The molecule has 148 valence electrons. The van der Waals surface area contributed by atoms with Crippen molar-refractivity contribution in [2.75, 3.05) is 19.6 Å². The predicted octanol–water partition coefficient (Wildman–Crippen LogP) is 3.79. The molecular weight excluding hydrogens is 360 g/mol. The van der Waals surface area contributed by atoms with E-state index in [0.717, 1.165) is 38.5 Å². The molecule has 1 fully saturated rings. The Bertz CT molecular complexity index is 807. The van der Waals surface area contributed by atoms with Crippen LogP contribution >= 0.6 is 0 Å². The Morgan fingerprint density at radius 2 is 1.81 bits per heavy atom. The average Bonchev–Trinajstić information content (AvgIpc) is 2.97. The van der Waals surface area contributed by atoms with E-state index in [1.165, 1.54) is 18.4 Å². The lowest BCUT2D eigenvalue weighted by atomic mass is 9.99. The van der Waals surface area contributed by atoms with Crippen molar-refractivity contribution in [1.82, 2.24) is 9.62 Å². The van der Waals surface area contributed by atoms with Crippen molar-refractivity contribution in [3.8, 4) is 0 Å². The molecule has 1 amide bonds. The fourth-order valence-corrected chi connectivity index (χ4v) is 5.57. The van der Waals surface area contributed by atoms with Crippen LogP contribution in [0.2, 0.25) is 0 Å². The Kier molecular flexibility index (Phi) is 6.71. The van der Waals surface area contributed by atoms with E-state index in [2.05, 4.69) is 11.4 Å². The van der Waals surface area contributed by atoms with E-state index in [0.29, 0.717) is 30.8 Å². The van der Waals surface area contributed by atoms with Crippen LogP contribution in [0.5, 0.6) is 0 Å². The van der Waals surface area contributed by atoms with Crippen LogP contribution in [0.1, 0.15) is 67.3 Å². The molecule has 1 aliphatic heterocycles. The maximum absolute atomic E-state index is 13.1. The highest BCUT2D eigenvalue weighted by atomic mass is 32.2. The standard InChI is InChI=1S/C21H30N2O3S/c1-17-11-12-19(21(24)22-16-18-9-5-4-6-10-18)15-20(17)27(25,26)23-13-7-2-3-8-14-23/h9,11-12,15H,2-8,10,13-14,16H2,1H3,(H,22,24). The highest BCUT2D eigenvalue weighted by molar-refractivity contribution is 7.89. The highest BCUT2D eigenvalue weighted by Crippen LogP contribution is 2.24. The number of sulfonamides is 1. The number of hydrogen-bond acceptors (Lipinski definition) is 3. The van der Waals surface area contributed by atoms with Gasteiger partial charge in [-0.3, -0.25) is 4.79 Å². The van der Waals surface area contributed by atoms with Crippen LogP contribution in [0.25, 0.3) is 0 Å². The fraction of sp³-hybridized carbons (Fsp3) is 0.571. The second kappa shape index (κ2) is 9.02. The first-order chi connectivity index (χ1) is 13.0. The summed E-state index contributed by atoms with van der Waals surface area (Å²) >= 11 is 0. The van der Waals surface area contributed by atoms with Crippen LogP contribution in [0, 0.1) is 6.92 Å². The molecule has 0 bridgehead atoms. The van der Waals surface area contributed by atoms with Crippen molar-refractivity contribution in [3.05, 3.63) is 41.0 Å². The summed E-state index contributed by atoms with van der Waals surface area (Å²) in [5, 5.41) is 2.94. The molecule has 2 aliphatic rings. The zero-order chi connectivity index (χ0) is 19.3. The van der Waals surface area contributed by atoms with Gasteiger partial charge in [0.25, 0.3) is 5.91 Å². The van der Waals surface area contributed by atoms with E-state index < -0.39 is 10.0 Å². The van der Waals surface area contributed by atoms with Crippen molar-refractivity contribution in [1.29, 1.82) is 0 Å². The molecule has 0 saturated carbocycles. The van der Waals surface area contributed by atoms with Gasteiger partial charge in [0, 0.05) is 25.2 Å². The molecule has 0 aromatic heterocycles. The van der Waals surface area contributed by atoms with Gasteiger partial charge in [-0.05, 0) is 63.1 Å². The van der Waals surface area contributed by atoms with Crippen molar-refractivity contribution < 1.29 is 13.2 Å². The lowest BCUT2D eigenvalue weighted by molar-refractivity contribution is 0.0956. The minimum absolute atomic E-state index is 0.214. The number of nitrogens with zero attached hydrogens (tertiary/aromatic N) is 1. The quantitative estimate of drug-likeness (QED) is 0.778. The van der Waals surface area contributed by atoms with Crippen LogP contribution in [-0.4, -0.2) is 38.3 Å². The first-order valence-corrected chi connectivity index (χ1v) is 11.5.